The van der Waals surface area contributed by atoms with Crippen molar-refractivity contribution in [3.8, 4) is 5.95 Å². The second-order valence-corrected chi connectivity index (χ2v) is 9.99. The summed E-state index contributed by atoms with van der Waals surface area (Å²) in [6.45, 7) is 9.28. The molecule has 0 aliphatic carbocycles. The minimum Gasteiger partial charge on any atom is -0.342 e. The quantitative estimate of drug-likeness (QED) is 0.732. The van der Waals surface area contributed by atoms with Gasteiger partial charge in [0.25, 0.3) is 5.95 Å². The first-order valence-electron chi connectivity index (χ1n) is 10.1. The number of aromatic nitrogens is 4. The average molecular weight is 435 g/mol. The van der Waals surface area contributed by atoms with E-state index >= 15 is 0 Å². The lowest BCUT2D eigenvalue weighted by atomic mass is 9.97. The summed E-state index contributed by atoms with van der Waals surface area (Å²) in [5.74, 6) is 0.675. The first-order valence-corrected chi connectivity index (χ1v) is 12.0. The Kier molecular flexibility index (Phi) is 6.56. The maximum atomic E-state index is 13.0. The van der Waals surface area contributed by atoms with Crippen LogP contribution < -0.4 is 4.72 Å². The number of rotatable bonds is 6. The van der Waals surface area contributed by atoms with Gasteiger partial charge in [0.15, 0.2) is 0 Å². The molecule has 164 valence electrons. The lowest BCUT2D eigenvalue weighted by Crippen LogP contribution is -2.44. The number of carbonyl (C=O) groups is 1. The molecule has 0 saturated carbocycles. The van der Waals surface area contributed by atoms with Crippen LogP contribution in [0.2, 0.25) is 0 Å². The SMILES string of the molecule is Cc1cc(C)nc(-n2nc(C)c(CC(=O)N3CCCC(CNS(C)(=O)=O)C3)c2C)n1. The van der Waals surface area contributed by atoms with E-state index in [1.165, 1.54) is 0 Å². The number of aryl methyl sites for hydroxylation is 3. The van der Waals surface area contributed by atoms with E-state index in [1.54, 1.807) is 4.68 Å². The molecular formula is C20H30N6O3S. The number of likely N-dealkylation sites (tertiary alicyclic amines) is 1. The van der Waals surface area contributed by atoms with E-state index in [9.17, 15) is 13.2 Å². The van der Waals surface area contributed by atoms with Gasteiger partial charge in [-0.2, -0.15) is 5.10 Å². The molecule has 1 fully saturated rings. The van der Waals surface area contributed by atoms with Crippen LogP contribution in [0.3, 0.4) is 0 Å². The van der Waals surface area contributed by atoms with E-state index in [0.29, 0.717) is 25.6 Å². The van der Waals surface area contributed by atoms with Gasteiger partial charge < -0.3 is 4.90 Å². The van der Waals surface area contributed by atoms with Crippen molar-refractivity contribution in [1.29, 1.82) is 0 Å². The number of nitrogens with zero attached hydrogens (tertiary/aromatic N) is 5. The molecule has 0 bridgehead atoms. The molecule has 1 aliphatic heterocycles. The standard InChI is InChI=1S/C20H30N6O3S/c1-13-9-14(2)23-20(22-13)26-16(4)18(15(3)24-26)10-19(27)25-8-6-7-17(12-25)11-21-30(5,28)29/h9,17,21H,6-8,10-12H2,1-5H3. The molecule has 2 aromatic rings. The van der Waals surface area contributed by atoms with Gasteiger partial charge in [0.05, 0.1) is 18.4 Å². The van der Waals surface area contributed by atoms with Gasteiger partial charge in [-0.3, -0.25) is 4.79 Å². The van der Waals surface area contributed by atoms with Crippen molar-refractivity contribution in [2.45, 2.75) is 47.0 Å². The van der Waals surface area contributed by atoms with E-state index in [-0.39, 0.29) is 18.2 Å². The fourth-order valence-electron chi connectivity index (χ4n) is 3.92. The van der Waals surface area contributed by atoms with Gasteiger partial charge >= 0.3 is 0 Å². The van der Waals surface area contributed by atoms with Crippen molar-refractivity contribution >= 4 is 15.9 Å². The summed E-state index contributed by atoms with van der Waals surface area (Å²) in [6, 6.07) is 1.91. The molecule has 1 saturated heterocycles. The zero-order valence-corrected chi connectivity index (χ0v) is 19.1. The van der Waals surface area contributed by atoms with Crippen LogP contribution in [0.15, 0.2) is 6.07 Å². The third-order valence-corrected chi connectivity index (χ3v) is 6.13. The maximum Gasteiger partial charge on any atom is 0.251 e. The Morgan fingerprint density at radius 2 is 1.87 bits per heavy atom. The van der Waals surface area contributed by atoms with Gasteiger partial charge in [0.2, 0.25) is 15.9 Å². The van der Waals surface area contributed by atoms with Crippen molar-refractivity contribution in [2.75, 3.05) is 25.9 Å². The summed E-state index contributed by atoms with van der Waals surface area (Å²) in [6.07, 6.45) is 3.19. The second kappa shape index (κ2) is 8.81. The van der Waals surface area contributed by atoms with Crippen LogP contribution in [0.5, 0.6) is 0 Å². The second-order valence-electron chi connectivity index (χ2n) is 8.16. The molecule has 1 atom stereocenters. The summed E-state index contributed by atoms with van der Waals surface area (Å²) in [7, 11) is -3.23. The zero-order chi connectivity index (χ0) is 22.1. The minimum absolute atomic E-state index is 0.0335. The van der Waals surface area contributed by atoms with Crippen LogP contribution in [-0.4, -0.2) is 64.9 Å². The summed E-state index contributed by atoms with van der Waals surface area (Å²) in [4.78, 5) is 23.8. The highest BCUT2D eigenvalue weighted by molar-refractivity contribution is 7.88. The van der Waals surface area contributed by atoms with E-state index in [1.807, 2.05) is 38.7 Å². The average Bonchev–Trinajstić information content (AvgIpc) is 2.93. The molecule has 1 aliphatic rings. The molecular weight excluding hydrogens is 404 g/mol. The first kappa shape index (κ1) is 22.4. The Hall–Kier alpha value is -2.33. The molecule has 0 aromatic carbocycles. The van der Waals surface area contributed by atoms with Crippen molar-refractivity contribution in [2.24, 2.45) is 5.92 Å². The smallest absolute Gasteiger partial charge is 0.251 e. The van der Waals surface area contributed by atoms with Crippen LogP contribution in [0.25, 0.3) is 5.95 Å². The number of nitrogens with one attached hydrogen (secondary N) is 1. The number of sulfonamides is 1. The van der Waals surface area contributed by atoms with E-state index in [2.05, 4.69) is 19.8 Å². The Labute approximate surface area is 178 Å². The van der Waals surface area contributed by atoms with Crippen molar-refractivity contribution in [3.05, 3.63) is 34.4 Å². The van der Waals surface area contributed by atoms with Crippen molar-refractivity contribution < 1.29 is 13.2 Å². The normalized spacial score (nSPS) is 17.4. The molecule has 30 heavy (non-hydrogen) atoms. The molecule has 1 N–H and O–H groups in total. The van der Waals surface area contributed by atoms with Crippen LogP contribution in [-0.2, 0) is 21.2 Å². The number of hydrogen-bond donors (Lipinski definition) is 1. The highest BCUT2D eigenvalue weighted by Gasteiger charge is 2.26. The Bertz CT molecular complexity index is 1030. The molecule has 9 nitrogen and oxygen atoms in total. The summed E-state index contributed by atoms with van der Waals surface area (Å²) in [5, 5.41) is 4.58. The molecule has 3 rings (SSSR count). The Balaban J connectivity index is 1.73. The first-order chi connectivity index (χ1) is 14.0. The van der Waals surface area contributed by atoms with E-state index in [0.717, 1.165) is 47.4 Å². The Morgan fingerprint density at radius 3 is 2.50 bits per heavy atom. The van der Waals surface area contributed by atoms with Crippen LogP contribution >= 0.6 is 0 Å². The van der Waals surface area contributed by atoms with Gasteiger partial charge in [0.1, 0.15) is 0 Å². The van der Waals surface area contributed by atoms with Crippen LogP contribution in [0.4, 0.5) is 0 Å². The summed E-state index contributed by atoms with van der Waals surface area (Å²) < 4.78 is 27.0. The third-order valence-electron chi connectivity index (χ3n) is 5.43. The van der Waals surface area contributed by atoms with Gasteiger partial charge in [-0.1, -0.05) is 0 Å². The molecule has 1 unspecified atom stereocenters. The summed E-state index contributed by atoms with van der Waals surface area (Å²) in [5.41, 5.74) is 4.27. The minimum atomic E-state index is -3.23. The van der Waals surface area contributed by atoms with Gasteiger partial charge in [-0.25, -0.2) is 27.8 Å². The maximum absolute atomic E-state index is 13.0. The molecule has 0 spiro atoms. The zero-order valence-electron chi connectivity index (χ0n) is 18.3. The number of hydrogen-bond acceptors (Lipinski definition) is 6. The topological polar surface area (TPSA) is 110 Å². The van der Waals surface area contributed by atoms with Crippen molar-refractivity contribution in [3.63, 3.8) is 0 Å². The van der Waals surface area contributed by atoms with E-state index < -0.39 is 10.0 Å². The molecule has 2 aromatic heterocycles. The number of amides is 1. The Morgan fingerprint density at radius 1 is 1.20 bits per heavy atom. The molecule has 0 radical (unpaired) electrons. The monoisotopic (exact) mass is 434 g/mol. The molecule has 10 heteroatoms. The van der Waals surface area contributed by atoms with Crippen LogP contribution in [0, 0.1) is 33.6 Å². The third kappa shape index (κ3) is 5.42. The summed E-state index contributed by atoms with van der Waals surface area (Å²) >= 11 is 0. The van der Waals surface area contributed by atoms with Crippen molar-refractivity contribution in [1.82, 2.24) is 29.4 Å². The largest absolute Gasteiger partial charge is 0.342 e. The van der Waals surface area contributed by atoms with Crippen LogP contribution in [0.1, 0.15) is 41.2 Å². The van der Waals surface area contributed by atoms with Gasteiger partial charge in [0, 0.05) is 42.3 Å². The fraction of sp³-hybridized carbons (Fsp3) is 0.600. The lowest BCUT2D eigenvalue weighted by Gasteiger charge is -2.33. The molecule has 3 heterocycles. The predicted octanol–water partition coefficient (Wildman–Crippen LogP) is 1.23. The lowest BCUT2D eigenvalue weighted by molar-refractivity contribution is -0.132. The van der Waals surface area contributed by atoms with Gasteiger partial charge in [-0.15, -0.1) is 0 Å². The van der Waals surface area contributed by atoms with E-state index in [4.69, 9.17) is 0 Å². The number of piperidine rings is 1. The molecule has 1 amide bonds. The fourth-order valence-corrected chi connectivity index (χ4v) is 4.46. The predicted molar refractivity (Wildman–Crippen MR) is 114 cm³/mol. The number of carbonyl (C=O) groups excluding carboxylic acids is 1. The highest BCUT2D eigenvalue weighted by Crippen LogP contribution is 2.21. The van der Waals surface area contributed by atoms with Gasteiger partial charge in [-0.05, 0) is 52.5 Å². The highest BCUT2D eigenvalue weighted by atomic mass is 32.2.